The summed E-state index contributed by atoms with van der Waals surface area (Å²) >= 11 is 0. The van der Waals surface area contributed by atoms with Crippen molar-refractivity contribution in [1.29, 1.82) is 0 Å². The van der Waals surface area contributed by atoms with Gasteiger partial charge in [0.1, 0.15) is 0 Å². The zero-order chi connectivity index (χ0) is 13.4. The van der Waals surface area contributed by atoms with Gasteiger partial charge in [-0.15, -0.1) is 0 Å². The molecule has 2 aliphatic heterocycles. The van der Waals surface area contributed by atoms with Crippen LogP contribution in [0, 0.1) is 11.8 Å². The van der Waals surface area contributed by atoms with E-state index in [0.717, 1.165) is 13.0 Å². The van der Waals surface area contributed by atoms with E-state index in [1.165, 1.54) is 0 Å². The molecule has 2 saturated heterocycles. The van der Waals surface area contributed by atoms with Gasteiger partial charge in [0.25, 0.3) is 0 Å². The summed E-state index contributed by atoms with van der Waals surface area (Å²) in [4.78, 5) is 14.7. The summed E-state index contributed by atoms with van der Waals surface area (Å²) in [6.07, 6.45) is 1.27. The number of carbonyl (C=O) groups excluding carboxylic acids is 1. The Balaban J connectivity index is 2.21. The minimum atomic E-state index is -0.0369. The summed E-state index contributed by atoms with van der Waals surface area (Å²) in [5.41, 5.74) is 0. The van der Waals surface area contributed by atoms with Gasteiger partial charge in [-0.3, -0.25) is 10.1 Å². The van der Waals surface area contributed by atoms with Gasteiger partial charge in [-0.25, -0.2) is 0 Å². The average Bonchev–Trinajstić information content (AvgIpc) is 2.82. The molecule has 0 aliphatic carbocycles. The molecule has 4 unspecified atom stereocenters. The van der Waals surface area contributed by atoms with Gasteiger partial charge in [0.2, 0.25) is 5.91 Å². The van der Waals surface area contributed by atoms with E-state index in [9.17, 15) is 4.79 Å². The number of nitrogens with zero attached hydrogens (tertiary/aromatic N) is 1. The number of hydrogen-bond acceptors (Lipinski definition) is 3. The predicted octanol–water partition coefficient (Wildman–Crippen LogP) is 1.60. The Morgan fingerprint density at radius 1 is 1.28 bits per heavy atom. The Hall–Kier alpha value is -0.610. The molecular formula is C14H26N2O2. The third kappa shape index (κ3) is 2.28. The van der Waals surface area contributed by atoms with Crippen LogP contribution in [0.15, 0.2) is 0 Å². The number of carbonyl (C=O) groups is 1. The Bertz CT molecular complexity index is 317. The van der Waals surface area contributed by atoms with Crippen molar-refractivity contribution in [2.75, 3.05) is 6.61 Å². The van der Waals surface area contributed by atoms with Crippen LogP contribution < -0.4 is 5.32 Å². The van der Waals surface area contributed by atoms with E-state index in [2.05, 4.69) is 44.8 Å². The van der Waals surface area contributed by atoms with E-state index in [1.807, 2.05) is 0 Å². The zero-order valence-electron chi connectivity index (χ0n) is 12.1. The highest BCUT2D eigenvalue weighted by molar-refractivity contribution is 5.85. The smallest absolute Gasteiger partial charge is 0.241 e. The molecule has 0 radical (unpaired) electrons. The third-order valence-corrected chi connectivity index (χ3v) is 4.16. The first kappa shape index (κ1) is 13.8. The molecule has 4 nitrogen and oxygen atoms in total. The molecule has 1 N–H and O–H groups in total. The Labute approximate surface area is 110 Å². The van der Waals surface area contributed by atoms with Crippen LogP contribution in [0.5, 0.6) is 0 Å². The molecule has 2 fully saturated rings. The highest BCUT2D eigenvalue weighted by Crippen LogP contribution is 2.29. The standard InChI is InChI=1S/C14H26N2O2/c1-8(2)12-14(17)16(13(15-12)9(3)4)11-6-7-18-10(11)5/h8-13,15H,6-7H2,1-5H3. The van der Waals surface area contributed by atoms with Gasteiger partial charge in [-0.2, -0.15) is 0 Å². The van der Waals surface area contributed by atoms with Gasteiger partial charge in [-0.05, 0) is 25.2 Å². The molecule has 0 spiro atoms. The number of rotatable bonds is 3. The van der Waals surface area contributed by atoms with Crippen molar-refractivity contribution >= 4 is 5.91 Å². The van der Waals surface area contributed by atoms with Gasteiger partial charge >= 0.3 is 0 Å². The first-order valence-corrected chi connectivity index (χ1v) is 7.13. The zero-order valence-corrected chi connectivity index (χ0v) is 12.1. The van der Waals surface area contributed by atoms with Crippen LogP contribution >= 0.6 is 0 Å². The second-order valence-corrected chi connectivity index (χ2v) is 6.25. The summed E-state index contributed by atoms with van der Waals surface area (Å²) in [5.74, 6) is 1.01. The van der Waals surface area contributed by atoms with Gasteiger partial charge < -0.3 is 9.64 Å². The molecule has 4 heteroatoms. The maximum Gasteiger partial charge on any atom is 0.241 e. The van der Waals surface area contributed by atoms with E-state index in [-0.39, 0.29) is 30.3 Å². The number of amides is 1. The lowest BCUT2D eigenvalue weighted by Gasteiger charge is -2.33. The monoisotopic (exact) mass is 254 g/mol. The van der Waals surface area contributed by atoms with Crippen LogP contribution in [0.1, 0.15) is 41.0 Å². The Morgan fingerprint density at radius 2 is 1.94 bits per heavy atom. The molecule has 0 bridgehead atoms. The van der Waals surface area contributed by atoms with Crippen molar-refractivity contribution in [2.24, 2.45) is 11.8 Å². The molecule has 2 heterocycles. The molecule has 18 heavy (non-hydrogen) atoms. The number of nitrogens with one attached hydrogen (secondary N) is 1. The lowest BCUT2D eigenvalue weighted by atomic mass is 10.0. The van der Waals surface area contributed by atoms with E-state index in [4.69, 9.17) is 4.74 Å². The van der Waals surface area contributed by atoms with Crippen LogP contribution in [0.25, 0.3) is 0 Å². The molecule has 1 amide bonds. The van der Waals surface area contributed by atoms with Crippen molar-refractivity contribution < 1.29 is 9.53 Å². The van der Waals surface area contributed by atoms with Crippen molar-refractivity contribution in [3.63, 3.8) is 0 Å². The molecule has 104 valence electrons. The lowest BCUT2D eigenvalue weighted by molar-refractivity contribution is -0.134. The fraction of sp³-hybridized carbons (Fsp3) is 0.929. The van der Waals surface area contributed by atoms with Gasteiger partial charge in [0.05, 0.1) is 24.4 Å². The summed E-state index contributed by atoms with van der Waals surface area (Å²) < 4.78 is 5.63. The first-order chi connectivity index (χ1) is 8.43. The molecule has 0 aromatic rings. The van der Waals surface area contributed by atoms with Gasteiger partial charge in [-0.1, -0.05) is 27.7 Å². The lowest BCUT2D eigenvalue weighted by Crippen LogP contribution is -2.49. The molecule has 0 aromatic heterocycles. The second-order valence-electron chi connectivity index (χ2n) is 6.25. The molecule has 2 aliphatic rings. The minimum absolute atomic E-state index is 0.0369. The van der Waals surface area contributed by atoms with E-state index < -0.39 is 0 Å². The summed E-state index contributed by atoms with van der Waals surface area (Å²) in [7, 11) is 0. The topological polar surface area (TPSA) is 41.6 Å². The van der Waals surface area contributed by atoms with Crippen molar-refractivity contribution in [2.45, 2.75) is 65.4 Å². The first-order valence-electron chi connectivity index (χ1n) is 7.13. The highest BCUT2D eigenvalue weighted by atomic mass is 16.5. The summed E-state index contributed by atoms with van der Waals surface area (Å²) in [6, 6.07) is 0.200. The largest absolute Gasteiger partial charge is 0.376 e. The Morgan fingerprint density at radius 3 is 2.39 bits per heavy atom. The van der Waals surface area contributed by atoms with E-state index >= 15 is 0 Å². The maximum atomic E-state index is 12.6. The summed E-state index contributed by atoms with van der Waals surface area (Å²) in [5, 5.41) is 3.51. The second kappa shape index (κ2) is 5.17. The quantitative estimate of drug-likeness (QED) is 0.832. The molecule has 0 saturated carbocycles. The predicted molar refractivity (Wildman–Crippen MR) is 71.1 cm³/mol. The van der Waals surface area contributed by atoms with Crippen LogP contribution in [-0.2, 0) is 9.53 Å². The van der Waals surface area contributed by atoms with Crippen molar-refractivity contribution in [3.8, 4) is 0 Å². The maximum absolute atomic E-state index is 12.6. The van der Waals surface area contributed by atoms with E-state index in [1.54, 1.807) is 0 Å². The molecular weight excluding hydrogens is 228 g/mol. The third-order valence-electron chi connectivity index (χ3n) is 4.16. The van der Waals surface area contributed by atoms with Crippen LogP contribution in [0.3, 0.4) is 0 Å². The highest BCUT2D eigenvalue weighted by Gasteiger charge is 2.47. The van der Waals surface area contributed by atoms with Crippen LogP contribution in [0.4, 0.5) is 0 Å². The SMILES string of the molecule is CC(C)C1NC(C(C)C)N(C2CCOC2C)C1=O. The van der Waals surface area contributed by atoms with Gasteiger partial charge in [0, 0.05) is 6.61 Å². The van der Waals surface area contributed by atoms with Gasteiger partial charge in [0.15, 0.2) is 0 Å². The van der Waals surface area contributed by atoms with Crippen LogP contribution in [-0.4, -0.2) is 41.8 Å². The van der Waals surface area contributed by atoms with Crippen molar-refractivity contribution in [1.82, 2.24) is 10.2 Å². The minimum Gasteiger partial charge on any atom is -0.376 e. The normalized spacial score (nSPS) is 37.3. The number of ether oxygens (including phenoxy) is 1. The Kier molecular flexibility index (Phi) is 3.97. The van der Waals surface area contributed by atoms with E-state index in [0.29, 0.717) is 11.8 Å². The number of hydrogen-bond donors (Lipinski definition) is 1. The average molecular weight is 254 g/mol. The molecule has 2 rings (SSSR count). The van der Waals surface area contributed by atoms with Crippen LogP contribution in [0.2, 0.25) is 0 Å². The molecule has 4 atom stereocenters. The summed E-state index contributed by atoms with van der Waals surface area (Å²) in [6.45, 7) is 11.4. The fourth-order valence-electron chi connectivity index (χ4n) is 3.08. The van der Waals surface area contributed by atoms with Crippen molar-refractivity contribution in [3.05, 3.63) is 0 Å². The molecule has 0 aromatic carbocycles. The fourth-order valence-corrected chi connectivity index (χ4v) is 3.08.